The predicted molar refractivity (Wildman–Crippen MR) is 103 cm³/mol. The molecule has 1 aromatic carbocycles. The van der Waals surface area contributed by atoms with Gasteiger partial charge in [0.2, 0.25) is 5.88 Å². The highest BCUT2D eigenvalue weighted by molar-refractivity contribution is 6.02. The SMILES string of the molecule is CCOc1cnc(C(=O)Nc2ccc(F)c([C@@]3(C(F)F)N=C(N)ON[C@@H]4C[C@@H]43)c2)cn1. The van der Waals surface area contributed by atoms with E-state index in [4.69, 9.17) is 15.3 Å². The highest BCUT2D eigenvalue weighted by Gasteiger charge is 2.62. The molecule has 4 N–H and O–H groups in total. The first-order chi connectivity index (χ1) is 14.8. The summed E-state index contributed by atoms with van der Waals surface area (Å²) in [5, 5.41) is 2.51. The zero-order chi connectivity index (χ0) is 22.2. The molecule has 9 nitrogen and oxygen atoms in total. The van der Waals surface area contributed by atoms with E-state index in [1.54, 1.807) is 6.92 Å². The van der Waals surface area contributed by atoms with Gasteiger partial charge in [0.25, 0.3) is 12.3 Å². The van der Waals surface area contributed by atoms with Crippen molar-refractivity contribution in [1.29, 1.82) is 0 Å². The lowest BCUT2D eigenvalue weighted by atomic mass is 9.84. The van der Waals surface area contributed by atoms with Crippen molar-refractivity contribution in [3.63, 3.8) is 0 Å². The van der Waals surface area contributed by atoms with Crippen LogP contribution in [-0.2, 0) is 10.4 Å². The molecule has 0 unspecified atom stereocenters. The van der Waals surface area contributed by atoms with Gasteiger partial charge in [-0.15, -0.1) is 5.48 Å². The number of nitrogens with zero attached hydrogens (tertiary/aromatic N) is 3. The number of hydrogen-bond acceptors (Lipinski definition) is 8. The summed E-state index contributed by atoms with van der Waals surface area (Å²) >= 11 is 0. The Morgan fingerprint density at radius 1 is 1.42 bits per heavy atom. The summed E-state index contributed by atoms with van der Waals surface area (Å²) < 4.78 is 48.5. The first kappa shape index (κ1) is 20.8. The number of rotatable bonds is 6. The zero-order valence-corrected chi connectivity index (χ0v) is 16.3. The van der Waals surface area contributed by atoms with Gasteiger partial charge in [0.15, 0.2) is 5.54 Å². The van der Waals surface area contributed by atoms with Crippen LogP contribution in [0.2, 0.25) is 0 Å². The van der Waals surface area contributed by atoms with Crippen molar-refractivity contribution >= 4 is 17.6 Å². The number of amidine groups is 1. The van der Waals surface area contributed by atoms with E-state index in [0.29, 0.717) is 13.0 Å². The number of anilines is 1. The topological polar surface area (TPSA) is 124 Å². The van der Waals surface area contributed by atoms with Gasteiger partial charge in [-0.2, -0.15) is 0 Å². The Labute approximate surface area is 174 Å². The van der Waals surface area contributed by atoms with Gasteiger partial charge in [0, 0.05) is 23.2 Å². The summed E-state index contributed by atoms with van der Waals surface area (Å²) in [6, 6.07) is 2.39. The molecular weight excluding hydrogens is 417 g/mol. The third kappa shape index (κ3) is 3.85. The Balaban J connectivity index is 1.65. The van der Waals surface area contributed by atoms with E-state index in [9.17, 15) is 18.0 Å². The van der Waals surface area contributed by atoms with Crippen LogP contribution in [0.15, 0.2) is 35.6 Å². The van der Waals surface area contributed by atoms with Crippen molar-refractivity contribution in [2.45, 2.75) is 31.4 Å². The molecule has 1 aromatic heterocycles. The normalized spacial score (nSPS) is 24.5. The molecule has 1 aliphatic heterocycles. The van der Waals surface area contributed by atoms with Gasteiger partial charge in [0.05, 0.1) is 19.0 Å². The average molecular weight is 436 g/mol. The number of nitrogens with one attached hydrogen (secondary N) is 2. The monoisotopic (exact) mass is 436 g/mol. The Morgan fingerprint density at radius 3 is 2.90 bits per heavy atom. The largest absolute Gasteiger partial charge is 0.477 e. The lowest BCUT2D eigenvalue weighted by Gasteiger charge is -2.29. The van der Waals surface area contributed by atoms with Crippen LogP contribution in [0.5, 0.6) is 5.88 Å². The van der Waals surface area contributed by atoms with Crippen LogP contribution in [0.4, 0.5) is 18.9 Å². The highest BCUT2D eigenvalue weighted by Crippen LogP contribution is 2.53. The molecule has 2 aliphatic rings. The number of aliphatic imine (C=N–C) groups is 1. The molecule has 0 radical (unpaired) electrons. The maximum Gasteiger partial charge on any atom is 0.303 e. The lowest BCUT2D eigenvalue weighted by Crippen LogP contribution is -2.38. The third-order valence-corrected chi connectivity index (χ3v) is 5.11. The molecule has 3 atom stereocenters. The first-order valence-corrected chi connectivity index (χ1v) is 9.47. The molecule has 4 rings (SSSR count). The van der Waals surface area contributed by atoms with Gasteiger partial charge in [-0.1, -0.05) is 0 Å². The molecule has 2 heterocycles. The van der Waals surface area contributed by atoms with Gasteiger partial charge in [-0.3, -0.25) is 4.79 Å². The van der Waals surface area contributed by atoms with E-state index < -0.39 is 41.7 Å². The summed E-state index contributed by atoms with van der Waals surface area (Å²) in [5.41, 5.74) is 5.52. The van der Waals surface area contributed by atoms with Crippen LogP contribution in [0, 0.1) is 11.7 Å². The van der Waals surface area contributed by atoms with E-state index in [0.717, 1.165) is 12.1 Å². The molecular formula is C19H19F3N6O3. The quantitative estimate of drug-likeness (QED) is 0.632. The maximum atomic E-state index is 14.7. The second-order valence-corrected chi connectivity index (χ2v) is 7.07. The highest BCUT2D eigenvalue weighted by atomic mass is 19.3. The number of nitrogens with two attached hydrogens (primary N) is 1. The summed E-state index contributed by atoms with van der Waals surface area (Å²) in [6.45, 7) is 2.17. The molecule has 1 aliphatic carbocycles. The van der Waals surface area contributed by atoms with Crippen molar-refractivity contribution in [1.82, 2.24) is 15.4 Å². The van der Waals surface area contributed by atoms with Gasteiger partial charge in [-0.05, 0) is 31.5 Å². The zero-order valence-electron chi connectivity index (χ0n) is 16.3. The van der Waals surface area contributed by atoms with Gasteiger partial charge < -0.3 is 20.6 Å². The minimum absolute atomic E-state index is 0.0329. The molecule has 0 spiro atoms. The smallest absolute Gasteiger partial charge is 0.303 e. The molecule has 1 saturated carbocycles. The van der Waals surface area contributed by atoms with E-state index in [-0.39, 0.29) is 22.8 Å². The van der Waals surface area contributed by atoms with Crippen LogP contribution in [0.3, 0.4) is 0 Å². The van der Waals surface area contributed by atoms with E-state index in [1.165, 1.54) is 18.5 Å². The minimum atomic E-state index is -3.07. The average Bonchev–Trinajstić information content (AvgIpc) is 3.53. The number of hydroxylamine groups is 1. The van der Waals surface area contributed by atoms with Crippen LogP contribution in [-0.4, -0.2) is 41.0 Å². The molecule has 0 bridgehead atoms. The predicted octanol–water partition coefficient (Wildman–Crippen LogP) is 1.97. The van der Waals surface area contributed by atoms with Gasteiger partial charge >= 0.3 is 6.02 Å². The molecule has 0 saturated heterocycles. The van der Waals surface area contributed by atoms with Crippen LogP contribution in [0.1, 0.15) is 29.4 Å². The number of hydrogen-bond donors (Lipinski definition) is 3. The number of carbonyl (C=O) groups excluding carboxylic acids is 1. The maximum absolute atomic E-state index is 14.7. The number of aromatic nitrogens is 2. The van der Waals surface area contributed by atoms with E-state index in [2.05, 4.69) is 25.8 Å². The van der Waals surface area contributed by atoms with Gasteiger partial charge in [0.1, 0.15) is 11.5 Å². The molecule has 1 fully saturated rings. The summed E-state index contributed by atoms with van der Waals surface area (Å²) in [5.74, 6) is -2.03. The number of benzene rings is 1. The van der Waals surface area contributed by atoms with Crippen LogP contribution < -0.4 is 21.3 Å². The molecule has 31 heavy (non-hydrogen) atoms. The standard InChI is InChI=1S/C19H19F3N6O3/c1-2-30-15-8-24-14(7-25-15)16(29)26-9-3-4-12(20)10(5-9)19(17(21)22)11-6-13(11)28-31-18(23)27-19/h3-5,7-8,11,13,17,28H,2,6H2,1H3,(H2,23,27)(H,26,29)/t11-,13+,19+/m0/s1. The number of fused-ring (bicyclic) bond motifs is 1. The summed E-state index contributed by atoms with van der Waals surface area (Å²) in [7, 11) is 0. The fourth-order valence-electron chi connectivity index (χ4n) is 3.58. The van der Waals surface area contributed by atoms with Crippen molar-refractivity contribution in [3.05, 3.63) is 47.7 Å². The lowest BCUT2D eigenvalue weighted by molar-refractivity contribution is 0.0367. The minimum Gasteiger partial charge on any atom is -0.477 e. The molecule has 1 amide bonds. The Hall–Kier alpha value is -3.41. The van der Waals surface area contributed by atoms with Crippen molar-refractivity contribution in [2.24, 2.45) is 16.6 Å². The van der Waals surface area contributed by atoms with Crippen molar-refractivity contribution < 1.29 is 27.5 Å². The molecule has 12 heteroatoms. The number of ether oxygens (including phenoxy) is 1. The fraction of sp³-hybridized carbons (Fsp3) is 0.368. The van der Waals surface area contributed by atoms with Crippen molar-refractivity contribution in [2.75, 3.05) is 11.9 Å². The number of alkyl halides is 2. The first-order valence-electron chi connectivity index (χ1n) is 9.47. The second-order valence-electron chi connectivity index (χ2n) is 7.07. The number of amides is 1. The Morgan fingerprint density at radius 2 is 2.23 bits per heavy atom. The second kappa shape index (κ2) is 8.02. The van der Waals surface area contributed by atoms with Crippen LogP contribution in [0.25, 0.3) is 0 Å². The van der Waals surface area contributed by atoms with E-state index in [1.807, 2.05) is 0 Å². The summed E-state index contributed by atoms with van der Waals surface area (Å²) in [6.07, 6.45) is -0.274. The number of halogens is 3. The number of carbonyl (C=O) groups is 1. The molecule has 164 valence electrons. The molecule has 2 aromatic rings. The fourth-order valence-corrected chi connectivity index (χ4v) is 3.58. The van der Waals surface area contributed by atoms with Crippen LogP contribution >= 0.6 is 0 Å². The third-order valence-electron chi connectivity index (χ3n) is 5.11. The summed E-state index contributed by atoms with van der Waals surface area (Å²) in [4.78, 5) is 29.1. The van der Waals surface area contributed by atoms with Gasteiger partial charge in [-0.25, -0.2) is 28.1 Å². The Bertz CT molecular complexity index is 1020. The van der Waals surface area contributed by atoms with Crippen molar-refractivity contribution in [3.8, 4) is 5.88 Å². The van der Waals surface area contributed by atoms with E-state index >= 15 is 0 Å². The Kier molecular flexibility index (Phi) is 5.39.